The molecule has 0 aromatic carbocycles. The van der Waals surface area contributed by atoms with Crippen molar-refractivity contribution in [2.24, 2.45) is 0 Å². The fraction of sp³-hybridized carbons (Fsp3) is 0.533. The first kappa shape index (κ1) is 20.8. The SMILES string of the molecule is CC(C)=CCNc1ncnc2c1ncn2[C@@H]1O[C@H](COP(=O)([O-])[O-])[C@@H](O)[C@H]1O. The predicted molar refractivity (Wildman–Crippen MR) is 92.7 cm³/mol. The third kappa shape index (κ3) is 4.55. The number of rotatable bonds is 7. The lowest BCUT2D eigenvalue weighted by Gasteiger charge is -2.30. The second-order valence-electron chi connectivity index (χ2n) is 6.50. The summed E-state index contributed by atoms with van der Waals surface area (Å²) in [5.41, 5.74) is 1.90. The quantitative estimate of drug-likeness (QED) is 0.362. The summed E-state index contributed by atoms with van der Waals surface area (Å²) >= 11 is 0. The largest absolute Gasteiger partial charge is 0.790 e. The minimum absolute atomic E-state index is 0.339. The molecule has 4 atom stereocenters. The average molecular weight is 413 g/mol. The zero-order chi connectivity index (χ0) is 20.5. The van der Waals surface area contributed by atoms with Gasteiger partial charge in [-0.15, -0.1) is 0 Å². The molecular weight excluding hydrogens is 393 g/mol. The van der Waals surface area contributed by atoms with Gasteiger partial charge in [-0.1, -0.05) is 11.6 Å². The van der Waals surface area contributed by atoms with Crippen LogP contribution in [0.5, 0.6) is 0 Å². The van der Waals surface area contributed by atoms with E-state index in [9.17, 15) is 24.6 Å². The molecule has 1 aliphatic rings. The standard InChI is InChI=1S/C15H22N5O7P/c1-8(2)3-4-16-13-10-14(18-6-17-13)20(7-19-10)15-12(22)11(21)9(27-15)5-26-28(23,24)25/h3,6-7,9,11-12,15,21-22H,4-5H2,1-2H3,(H,16,17,18)(H2,23,24,25)/p-2/t9-,11-,12-,15-/m1/s1. The molecule has 3 N–H and O–H groups in total. The van der Waals surface area contributed by atoms with Gasteiger partial charge < -0.3 is 39.1 Å². The number of nitrogens with zero attached hydrogens (tertiary/aromatic N) is 4. The molecule has 3 heterocycles. The number of allylic oxidation sites excluding steroid dienone is 1. The second-order valence-corrected chi connectivity index (χ2v) is 7.65. The highest BCUT2D eigenvalue weighted by atomic mass is 31.2. The van der Waals surface area contributed by atoms with E-state index in [0.29, 0.717) is 23.5 Å². The Labute approximate surface area is 160 Å². The molecule has 0 amide bonds. The van der Waals surface area contributed by atoms with Crippen molar-refractivity contribution in [2.75, 3.05) is 18.5 Å². The average Bonchev–Trinajstić information content (AvgIpc) is 3.15. The summed E-state index contributed by atoms with van der Waals surface area (Å²) in [6.07, 6.45) is -0.555. The zero-order valence-corrected chi connectivity index (χ0v) is 16.0. The van der Waals surface area contributed by atoms with E-state index in [1.54, 1.807) is 0 Å². The summed E-state index contributed by atoms with van der Waals surface area (Å²) in [5.74, 6) is 0.479. The molecule has 1 saturated heterocycles. The van der Waals surface area contributed by atoms with Gasteiger partial charge >= 0.3 is 0 Å². The maximum atomic E-state index is 10.6. The summed E-state index contributed by atoms with van der Waals surface area (Å²) in [5, 5.41) is 23.5. The van der Waals surface area contributed by atoms with Gasteiger partial charge in [0, 0.05) is 6.54 Å². The Morgan fingerprint density at radius 2 is 2.11 bits per heavy atom. The van der Waals surface area contributed by atoms with Crippen LogP contribution < -0.4 is 15.1 Å². The fourth-order valence-corrected chi connectivity index (χ4v) is 3.11. The number of ether oxygens (including phenoxy) is 1. The number of aliphatic hydroxyl groups is 2. The summed E-state index contributed by atoms with van der Waals surface area (Å²) in [6, 6.07) is 0. The summed E-state index contributed by atoms with van der Waals surface area (Å²) < 4.78 is 21.7. The maximum Gasteiger partial charge on any atom is 0.167 e. The van der Waals surface area contributed by atoms with E-state index in [-0.39, 0.29) is 0 Å². The Hall–Kier alpha value is -1.92. The number of imidazole rings is 1. The molecule has 3 rings (SSSR count). The van der Waals surface area contributed by atoms with Crippen molar-refractivity contribution in [3.63, 3.8) is 0 Å². The number of anilines is 1. The van der Waals surface area contributed by atoms with Crippen LogP contribution in [0.3, 0.4) is 0 Å². The number of nitrogens with one attached hydrogen (secondary N) is 1. The van der Waals surface area contributed by atoms with Crippen LogP contribution in [0, 0.1) is 0 Å². The van der Waals surface area contributed by atoms with E-state index in [4.69, 9.17) is 4.74 Å². The van der Waals surface area contributed by atoms with Gasteiger partial charge in [-0.2, -0.15) is 0 Å². The van der Waals surface area contributed by atoms with E-state index in [0.717, 1.165) is 5.57 Å². The molecule has 2 aromatic rings. The van der Waals surface area contributed by atoms with E-state index in [1.165, 1.54) is 17.2 Å². The van der Waals surface area contributed by atoms with Crippen molar-refractivity contribution < 1.29 is 33.8 Å². The number of phosphoric ester groups is 1. The van der Waals surface area contributed by atoms with Crippen LogP contribution in [0.1, 0.15) is 20.1 Å². The second kappa shape index (κ2) is 8.21. The van der Waals surface area contributed by atoms with Gasteiger partial charge in [-0.25, -0.2) is 15.0 Å². The highest BCUT2D eigenvalue weighted by molar-refractivity contribution is 7.43. The minimum Gasteiger partial charge on any atom is -0.790 e. The molecule has 0 radical (unpaired) electrons. The molecule has 0 spiro atoms. The molecule has 154 valence electrons. The van der Waals surface area contributed by atoms with Crippen LogP contribution in [0.15, 0.2) is 24.3 Å². The molecule has 0 saturated carbocycles. The number of fused-ring (bicyclic) bond motifs is 1. The lowest BCUT2D eigenvalue weighted by Crippen LogP contribution is -2.34. The van der Waals surface area contributed by atoms with Crippen molar-refractivity contribution in [1.82, 2.24) is 19.5 Å². The van der Waals surface area contributed by atoms with Gasteiger partial charge in [0.05, 0.1) is 20.8 Å². The Balaban J connectivity index is 1.81. The Bertz CT molecular complexity index is 909. The van der Waals surface area contributed by atoms with Crippen molar-refractivity contribution in [2.45, 2.75) is 38.4 Å². The third-order valence-corrected chi connectivity index (χ3v) is 4.61. The van der Waals surface area contributed by atoms with Crippen molar-refractivity contribution in [3.05, 3.63) is 24.3 Å². The summed E-state index contributed by atoms with van der Waals surface area (Å²) in [7, 11) is -5.23. The topological polar surface area (TPSA) is 178 Å². The van der Waals surface area contributed by atoms with Gasteiger partial charge in [-0.05, 0) is 13.8 Å². The molecule has 0 unspecified atom stereocenters. The Kier molecular flexibility index (Phi) is 6.10. The smallest absolute Gasteiger partial charge is 0.167 e. The Morgan fingerprint density at radius 3 is 2.79 bits per heavy atom. The van der Waals surface area contributed by atoms with Crippen LogP contribution in [0.25, 0.3) is 11.2 Å². The molecule has 0 bridgehead atoms. The van der Waals surface area contributed by atoms with Crippen LogP contribution >= 0.6 is 7.82 Å². The van der Waals surface area contributed by atoms with Gasteiger partial charge in [0.25, 0.3) is 0 Å². The number of phosphoric acid groups is 1. The van der Waals surface area contributed by atoms with Gasteiger partial charge in [-0.3, -0.25) is 4.57 Å². The number of hydrogen-bond donors (Lipinski definition) is 3. The van der Waals surface area contributed by atoms with Crippen LogP contribution in [0.2, 0.25) is 0 Å². The number of hydrogen-bond acceptors (Lipinski definition) is 11. The minimum atomic E-state index is -5.23. The van der Waals surface area contributed by atoms with Crippen LogP contribution in [-0.4, -0.2) is 61.2 Å². The number of aliphatic hydroxyl groups excluding tert-OH is 2. The molecule has 2 aromatic heterocycles. The predicted octanol–water partition coefficient (Wildman–Crippen LogP) is -1.33. The van der Waals surface area contributed by atoms with Crippen molar-refractivity contribution >= 4 is 24.8 Å². The highest BCUT2D eigenvalue weighted by Crippen LogP contribution is 2.34. The first-order valence-electron chi connectivity index (χ1n) is 8.40. The van der Waals surface area contributed by atoms with E-state index in [1.807, 2.05) is 19.9 Å². The normalized spacial score (nSPS) is 25.2. The van der Waals surface area contributed by atoms with Crippen molar-refractivity contribution in [1.29, 1.82) is 0 Å². The molecule has 12 nitrogen and oxygen atoms in total. The van der Waals surface area contributed by atoms with E-state index < -0.39 is 39.0 Å². The molecule has 1 fully saturated rings. The number of aromatic nitrogens is 4. The lowest BCUT2D eigenvalue weighted by molar-refractivity contribution is -0.343. The summed E-state index contributed by atoms with van der Waals surface area (Å²) in [6.45, 7) is 3.76. The van der Waals surface area contributed by atoms with Gasteiger partial charge in [0.1, 0.15) is 24.6 Å². The van der Waals surface area contributed by atoms with Gasteiger partial charge in [0.2, 0.25) is 0 Å². The Morgan fingerprint density at radius 1 is 1.36 bits per heavy atom. The fourth-order valence-electron chi connectivity index (χ4n) is 2.78. The molecule has 13 heteroatoms. The maximum absolute atomic E-state index is 10.6. The molecular formula is C15H20N5O7P-2. The molecule has 1 aliphatic heterocycles. The lowest BCUT2D eigenvalue weighted by atomic mass is 10.1. The summed E-state index contributed by atoms with van der Waals surface area (Å²) in [4.78, 5) is 33.8. The third-order valence-electron chi connectivity index (χ3n) is 4.15. The van der Waals surface area contributed by atoms with Crippen LogP contribution in [0.4, 0.5) is 5.82 Å². The molecule has 0 aliphatic carbocycles. The first-order chi connectivity index (χ1) is 13.2. The zero-order valence-electron chi connectivity index (χ0n) is 15.1. The highest BCUT2D eigenvalue weighted by Gasteiger charge is 2.44. The van der Waals surface area contributed by atoms with Gasteiger partial charge in [0.15, 0.2) is 23.2 Å². The van der Waals surface area contributed by atoms with Crippen LogP contribution in [-0.2, 0) is 13.8 Å². The van der Waals surface area contributed by atoms with E-state index >= 15 is 0 Å². The monoisotopic (exact) mass is 413 g/mol. The molecule has 28 heavy (non-hydrogen) atoms. The first-order valence-corrected chi connectivity index (χ1v) is 9.86. The van der Waals surface area contributed by atoms with E-state index in [2.05, 4.69) is 24.8 Å². The van der Waals surface area contributed by atoms with Crippen molar-refractivity contribution in [3.8, 4) is 0 Å².